The van der Waals surface area contributed by atoms with E-state index in [4.69, 9.17) is 10.5 Å². The summed E-state index contributed by atoms with van der Waals surface area (Å²) in [7, 11) is 1.62. The van der Waals surface area contributed by atoms with Crippen LogP contribution in [0.4, 0.5) is 5.69 Å². The zero-order valence-electron chi connectivity index (χ0n) is 12.3. The third-order valence-corrected chi connectivity index (χ3v) is 4.01. The molecule has 0 spiro atoms. The maximum Gasteiger partial charge on any atom is 0.274 e. The van der Waals surface area contributed by atoms with Crippen molar-refractivity contribution in [3.05, 3.63) is 34.3 Å². The molecule has 0 unspecified atom stereocenters. The molecule has 114 valence electrons. The minimum atomic E-state index is -0.114. The highest BCUT2D eigenvalue weighted by molar-refractivity contribution is 7.09. The lowest BCUT2D eigenvalue weighted by molar-refractivity contribution is 0.0671. The molecule has 0 aliphatic rings. The topological polar surface area (TPSA) is 73.4 Å². The first kappa shape index (κ1) is 15.5. The number of carbonyl (C=O) groups is 1. The average molecular weight is 308 g/mol. The molecule has 0 fully saturated rings. The first-order valence-corrected chi connectivity index (χ1v) is 7.67. The van der Waals surface area contributed by atoms with Crippen molar-refractivity contribution in [3.63, 3.8) is 0 Å². The van der Waals surface area contributed by atoms with Crippen LogP contribution in [0.25, 0.3) is 0 Å². The van der Waals surface area contributed by atoms with E-state index in [2.05, 4.69) is 5.10 Å². The first-order chi connectivity index (χ1) is 10.2. The van der Waals surface area contributed by atoms with Crippen LogP contribution in [0, 0.1) is 0 Å². The van der Waals surface area contributed by atoms with Gasteiger partial charge in [0.2, 0.25) is 0 Å². The van der Waals surface area contributed by atoms with E-state index in [1.807, 2.05) is 24.4 Å². The molecule has 0 aliphatic heterocycles. The van der Waals surface area contributed by atoms with Crippen LogP contribution in [0.15, 0.2) is 23.7 Å². The van der Waals surface area contributed by atoms with Gasteiger partial charge in [0.1, 0.15) is 5.69 Å². The molecule has 2 N–H and O–H groups in total. The van der Waals surface area contributed by atoms with E-state index >= 15 is 0 Å². The molecule has 7 heteroatoms. The van der Waals surface area contributed by atoms with Crippen molar-refractivity contribution in [1.82, 2.24) is 14.7 Å². The van der Waals surface area contributed by atoms with Gasteiger partial charge in [0.25, 0.3) is 5.91 Å². The van der Waals surface area contributed by atoms with Crippen molar-refractivity contribution in [1.29, 1.82) is 0 Å². The normalized spacial score (nSPS) is 10.8. The summed E-state index contributed by atoms with van der Waals surface area (Å²) >= 11 is 1.63. The SMILES string of the molecule is CCn1ncc(N)c1C(=O)N(CCOC)Cc1cccs1. The third kappa shape index (κ3) is 3.62. The Morgan fingerprint density at radius 1 is 1.57 bits per heavy atom. The second-order valence-electron chi connectivity index (χ2n) is 4.56. The van der Waals surface area contributed by atoms with E-state index in [-0.39, 0.29) is 5.91 Å². The Hall–Kier alpha value is -1.86. The minimum Gasteiger partial charge on any atom is -0.396 e. The highest BCUT2D eigenvalue weighted by atomic mass is 32.1. The Kier molecular flexibility index (Phi) is 5.35. The van der Waals surface area contributed by atoms with Crippen LogP contribution in [0.3, 0.4) is 0 Å². The summed E-state index contributed by atoms with van der Waals surface area (Å²) in [5, 5.41) is 6.13. The summed E-state index contributed by atoms with van der Waals surface area (Å²) < 4.78 is 6.73. The molecule has 6 nitrogen and oxygen atoms in total. The van der Waals surface area contributed by atoms with E-state index in [0.29, 0.717) is 37.6 Å². The van der Waals surface area contributed by atoms with Gasteiger partial charge < -0.3 is 15.4 Å². The Labute approximate surface area is 128 Å². The summed E-state index contributed by atoms with van der Waals surface area (Å²) in [6, 6.07) is 3.99. The molecule has 0 aromatic carbocycles. The Morgan fingerprint density at radius 3 is 3.00 bits per heavy atom. The number of carbonyl (C=O) groups excluding carboxylic acids is 1. The number of amides is 1. The van der Waals surface area contributed by atoms with Crippen LogP contribution >= 0.6 is 11.3 Å². The lowest BCUT2D eigenvalue weighted by atomic mass is 10.3. The highest BCUT2D eigenvalue weighted by Gasteiger charge is 2.22. The molecule has 0 aliphatic carbocycles. The summed E-state index contributed by atoms with van der Waals surface area (Å²) in [5.74, 6) is -0.114. The van der Waals surface area contributed by atoms with Crippen molar-refractivity contribution in [3.8, 4) is 0 Å². The molecule has 0 saturated heterocycles. The molecule has 1 amide bonds. The van der Waals surface area contributed by atoms with Crippen LogP contribution < -0.4 is 5.73 Å². The van der Waals surface area contributed by atoms with Crippen molar-refractivity contribution in [2.45, 2.75) is 20.0 Å². The molecule has 2 aromatic rings. The number of rotatable bonds is 7. The number of anilines is 1. The molecule has 21 heavy (non-hydrogen) atoms. The van der Waals surface area contributed by atoms with Crippen LogP contribution in [0.1, 0.15) is 22.3 Å². The first-order valence-electron chi connectivity index (χ1n) is 6.79. The molecular weight excluding hydrogens is 288 g/mol. The number of thiophene rings is 1. The molecule has 0 atom stereocenters. The maximum absolute atomic E-state index is 12.8. The quantitative estimate of drug-likeness (QED) is 0.847. The largest absolute Gasteiger partial charge is 0.396 e. The predicted molar refractivity (Wildman–Crippen MR) is 83.2 cm³/mol. The fourth-order valence-electron chi connectivity index (χ4n) is 2.07. The van der Waals surface area contributed by atoms with Gasteiger partial charge in [0, 0.05) is 25.1 Å². The van der Waals surface area contributed by atoms with Crippen molar-refractivity contribution in [2.24, 2.45) is 0 Å². The van der Waals surface area contributed by atoms with Gasteiger partial charge in [0.05, 0.1) is 25.0 Å². The van der Waals surface area contributed by atoms with E-state index in [0.717, 1.165) is 4.88 Å². The van der Waals surface area contributed by atoms with Gasteiger partial charge in [-0.15, -0.1) is 11.3 Å². The van der Waals surface area contributed by atoms with Crippen molar-refractivity contribution < 1.29 is 9.53 Å². The Bertz CT molecular complexity index is 580. The Balaban J connectivity index is 2.22. The molecule has 0 bridgehead atoms. The molecule has 2 rings (SSSR count). The summed E-state index contributed by atoms with van der Waals surface area (Å²) in [5.41, 5.74) is 6.76. The van der Waals surface area contributed by atoms with Gasteiger partial charge in [-0.1, -0.05) is 6.07 Å². The number of ether oxygens (including phenoxy) is 1. The second kappa shape index (κ2) is 7.24. The second-order valence-corrected chi connectivity index (χ2v) is 5.60. The fraction of sp³-hybridized carbons (Fsp3) is 0.429. The zero-order chi connectivity index (χ0) is 15.2. The number of nitrogens with two attached hydrogens (primary N) is 1. The van der Waals surface area contributed by atoms with Crippen molar-refractivity contribution >= 4 is 22.9 Å². The molecular formula is C14H20N4O2S. The van der Waals surface area contributed by atoms with Gasteiger partial charge in [0.15, 0.2) is 0 Å². The number of nitrogen functional groups attached to an aromatic ring is 1. The average Bonchev–Trinajstić information content (AvgIpc) is 3.11. The number of methoxy groups -OCH3 is 1. The standard InChI is InChI=1S/C14H20N4O2S/c1-3-18-13(12(15)9-16-18)14(19)17(6-7-20-2)10-11-5-4-8-21-11/h4-5,8-9H,3,6-7,10,15H2,1-2H3. The van der Waals surface area contributed by atoms with Crippen molar-refractivity contribution in [2.75, 3.05) is 26.0 Å². The smallest absolute Gasteiger partial charge is 0.274 e. The van der Waals surface area contributed by atoms with Gasteiger partial charge in [-0.25, -0.2) is 0 Å². The van der Waals surface area contributed by atoms with E-state index in [1.54, 1.807) is 28.0 Å². The lowest BCUT2D eigenvalue weighted by Gasteiger charge is -2.22. The summed E-state index contributed by atoms with van der Waals surface area (Å²) in [6.45, 7) is 4.09. The van der Waals surface area contributed by atoms with Crippen LogP contribution in [0.5, 0.6) is 0 Å². The number of hydrogen-bond donors (Lipinski definition) is 1. The van der Waals surface area contributed by atoms with E-state index < -0.39 is 0 Å². The monoisotopic (exact) mass is 308 g/mol. The van der Waals surface area contributed by atoms with E-state index in [1.165, 1.54) is 6.20 Å². The summed E-state index contributed by atoms with van der Waals surface area (Å²) in [4.78, 5) is 15.6. The zero-order valence-corrected chi connectivity index (χ0v) is 13.1. The number of aryl methyl sites for hydroxylation is 1. The summed E-state index contributed by atoms with van der Waals surface area (Å²) in [6.07, 6.45) is 1.52. The fourth-order valence-corrected chi connectivity index (χ4v) is 2.79. The lowest BCUT2D eigenvalue weighted by Crippen LogP contribution is -2.35. The van der Waals surface area contributed by atoms with Gasteiger partial charge >= 0.3 is 0 Å². The number of hydrogen-bond acceptors (Lipinski definition) is 5. The predicted octanol–water partition coefficient (Wildman–Crippen LogP) is 1.84. The van der Waals surface area contributed by atoms with Gasteiger partial charge in [-0.2, -0.15) is 5.10 Å². The van der Waals surface area contributed by atoms with Gasteiger partial charge in [-0.05, 0) is 18.4 Å². The maximum atomic E-state index is 12.8. The van der Waals surface area contributed by atoms with Crippen LogP contribution in [-0.4, -0.2) is 40.8 Å². The third-order valence-electron chi connectivity index (χ3n) is 3.15. The number of aromatic nitrogens is 2. The van der Waals surface area contributed by atoms with E-state index in [9.17, 15) is 4.79 Å². The molecule has 0 saturated carbocycles. The molecule has 2 heterocycles. The molecule has 2 aromatic heterocycles. The molecule has 0 radical (unpaired) electrons. The number of nitrogens with zero attached hydrogens (tertiary/aromatic N) is 3. The van der Waals surface area contributed by atoms with Gasteiger partial charge in [-0.3, -0.25) is 9.48 Å². The van der Waals surface area contributed by atoms with Crippen LogP contribution in [0.2, 0.25) is 0 Å². The minimum absolute atomic E-state index is 0.114. The highest BCUT2D eigenvalue weighted by Crippen LogP contribution is 2.18. The Morgan fingerprint density at radius 2 is 2.38 bits per heavy atom. The van der Waals surface area contributed by atoms with Crippen LogP contribution in [-0.2, 0) is 17.8 Å².